The maximum Gasteiger partial charge on any atom is 0.256 e. The molecule has 0 bridgehead atoms. The highest BCUT2D eigenvalue weighted by atomic mass is 16.1. The van der Waals surface area contributed by atoms with Crippen molar-refractivity contribution in [3.05, 3.63) is 96.1 Å². The van der Waals surface area contributed by atoms with Crippen LogP contribution in [0.1, 0.15) is 35.2 Å². The number of hydrogen-bond acceptors (Lipinski definition) is 2. The van der Waals surface area contributed by atoms with Crippen LogP contribution in [0, 0.1) is 5.92 Å². The van der Waals surface area contributed by atoms with Crippen molar-refractivity contribution in [3.63, 3.8) is 0 Å². The van der Waals surface area contributed by atoms with Gasteiger partial charge < -0.3 is 14.8 Å². The minimum Gasteiger partial charge on any atom is -0.371 e. The highest BCUT2D eigenvalue weighted by Crippen LogP contribution is 2.28. The van der Waals surface area contributed by atoms with Crippen molar-refractivity contribution < 1.29 is 4.79 Å². The molecule has 2 heterocycles. The van der Waals surface area contributed by atoms with E-state index in [0.717, 1.165) is 47.6 Å². The lowest BCUT2D eigenvalue weighted by Crippen LogP contribution is -2.36. The van der Waals surface area contributed by atoms with Gasteiger partial charge in [0.25, 0.3) is 5.91 Å². The molecule has 30 heavy (non-hydrogen) atoms. The third kappa shape index (κ3) is 3.90. The van der Waals surface area contributed by atoms with E-state index in [0.29, 0.717) is 0 Å². The molecule has 1 fully saturated rings. The molecule has 1 aliphatic carbocycles. The molecule has 0 atom stereocenters. The van der Waals surface area contributed by atoms with Crippen LogP contribution in [-0.4, -0.2) is 28.5 Å². The average molecular weight is 398 g/mol. The van der Waals surface area contributed by atoms with Gasteiger partial charge in [-0.1, -0.05) is 36.8 Å². The van der Waals surface area contributed by atoms with E-state index in [4.69, 9.17) is 0 Å². The summed E-state index contributed by atoms with van der Waals surface area (Å²) in [6.45, 7) is 2.64. The van der Waals surface area contributed by atoms with E-state index in [1.165, 1.54) is 24.8 Å². The van der Waals surface area contributed by atoms with E-state index in [1.54, 1.807) is 0 Å². The first-order valence-corrected chi connectivity index (χ1v) is 10.8. The van der Waals surface area contributed by atoms with Gasteiger partial charge in [0.1, 0.15) is 0 Å². The molecule has 0 unspecified atom stereocenters. The van der Waals surface area contributed by atoms with Gasteiger partial charge in [0.05, 0.1) is 6.54 Å². The summed E-state index contributed by atoms with van der Waals surface area (Å²) in [5.74, 6) is 0.769. The Bertz CT molecular complexity index is 1110. The van der Waals surface area contributed by atoms with Crippen molar-refractivity contribution in [1.82, 2.24) is 14.8 Å². The largest absolute Gasteiger partial charge is 0.371 e. The standard InChI is InChI=1S/C26H27N3O/c30-26(27-22-9-6-16-29(19-22)17-20-7-5-8-20)25-13-12-21(18-28-14-3-4-15-28)23-10-1-2-11-24(23)25/h1-4,6,9-16,20H,5,7-8,17-19H2,(H,27,30). The number of carbonyl (C=O) groups is 1. The zero-order valence-electron chi connectivity index (χ0n) is 17.1. The Hall–Kier alpha value is -3.27. The molecule has 3 aromatic rings. The van der Waals surface area contributed by atoms with Crippen LogP contribution in [-0.2, 0) is 6.54 Å². The molecule has 5 rings (SSSR count). The molecule has 0 radical (unpaired) electrons. The molecule has 2 aromatic carbocycles. The Morgan fingerprint density at radius 3 is 2.57 bits per heavy atom. The Labute approximate surface area is 177 Å². The van der Waals surface area contributed by atoms with E-state index in [1.807, 2.05) is 48.6 Å². The fraction of sp³-hybridized carbons (Fsp3) is 0.269. The van der Waals surface area contributed by atoms with Crippen molar-refractivity contribution in [2.45, 2.75) is 25.8 Å². The van der Waals surface area contributed by atoms with Crippen molar-refractivity contribution in [1.29, 1.82) is 0 Å². The number of nitrogens with zero attached hydrogens (tertiary/aromatic N) is 2. The number of hydrogen-bond donors (Lipinski definition) is 1. The lowest BCUT2D eigenvalue weighted by atomic mass is 9.85. The van der Waals surface area contributed by atoms with Crippen molar-refractivity contribution in [3.8, 4) is 0 Å². The Morgan fingerprint density at radius 1 is 1.00 bits per heavy atom. The molecule has 4 nitrogen and oxygen atoms in total. The lowest BCUT2D eigenvalue weighted by molar-refractivity contribution is 0.0963. The average Bonchev–Trinajstić information content (AvgIpc) is 3.24. The zero-order valence-corrected chi connectivity index (χ0v) is 17.1. The van der Waals surface area contributed by atoms with Crippen LogP contribution in [0.4, 0.5) is 0 Å². The van der Waals surface area contributed by atoms with Crippen LogP contribution in [0.25, 0.3) is 10.8 Å². The van der Waals surface area contributed by atoms with E-state index in [9.17, 15) is 4.79 Å². The maximum atomic E-state index is 13.2. The molecular formula is C26H27N3O. The number of nitrogens with one attached hydrogen (secondary N) is 1. The Balaban J connectivity index is 1.35. The van der Waals surface area contributed by atoms with Gasteiger partial charge in [0.15, 0.2) is 0 Å². The van der Waals surface area contributed by atoms with Crippen LogP contribution in [0.15, 0.2) is 85.0 Å². The van der Waals surface area contributed by atoms with E-state index < -0.39 is 0 Å². The molecule has 4 heteroatoms. The number of aromatic nitrogens is 1. The third-order valence-electron chi connectivity index (χ3n) is 6.24. The molecule has 0 spiro atoms. The number of carbonyl (C=O) groups excluding carboxylic acids is 1. The number of fused-ring (bicyclic) bond motifs is 1. The van der Waals surface area contributed by atoms with Crippen LogP contribution >= 0.6 is 0 Å². The number of allylic oxidation sites excluding steroid dienone is 2. The van der Waals surface area contributed by atoms with E-state index in [-0.39, 0.29) is 5.91 Å². The van der Waals surface area contributed by atoms with Crippen molar-refractivity contribution in [2.75, 3.05) is 13.1 Å². The molecule has 1 saturated carbocycles. The van der Waals surface area contributed by atoms with Crippen LogP contribution in [0.5, 0.6) is 0 Å². The molecule has 2 aliphatic rings. The molecule has 1 aromatic heterocycles. The maximum absolute atomic E-state index is 13.2. The second-order valence-electron chi connectivity index (χ2n) is 8.39. The molecule has 152 valence electrons. The topological polar surface area (TPSA) is 37.3 Å². The summed E-state index contributed by atoms with van der Waals surface area (Å²) < 4.78 is 2.15. The second kappa shape index (κ2) is 8.23. The van der Waals surface area contributed by atoms with Crippen molar-refractivity contribution >= 4 is 16.7 Å². The van der Waals surface area contributed by atoms with Crippen LogP contribution in [0.2, 0.25) is 0 Å². The molecule has 0 saturated heterocycles. The minimum absolute atomic E-state index is 0.0381. The second-order valence-corrected chi connectivity index (χ2v) is 8.39. The quantitative estimate of drug-likeness (QED) is 0.640. The highest BCUT2D eigenvalue weighted by molar-refractivity contribution is 6.08. The van der Waals surface area contributed by atoms with Gasteiger partial charge in [0, 0.05) is 36.7 Å². The van der Waals surface area contributed by atoms with Gasteiger partial charge in [-0.25, -0.2) is 0 Å². The summed E-state index contributed by atoms with van der Waals surface area (Å²) in [5.41, 5.74) is 2.90. The number of rotatable bonds is 6. The normalized spacial score (nSPS) is 16.4. The highest BCUT2D eigenvalue weighted by Gasteiger charge is 2.21. The summed E-state index contributed by atoms with van der Waals surface area (Å²) in [6.07, 6.45) is 14.3. The number of amides is 1. The van der Waals surface area contributed by atoms with Crippen LogP contribution < -0.4 is 5.32 Å². The van der Waals surface area contributed by atoms with Gasteiger partial charge in [0.2, 0.25) is 0 Å². The summed E-state index contributed by atoms with van der Waals surface area (Å²) in [4.78, 5) is 15.5. The summed E-state index contributed by atoms with van der Waals surface area (Å²) in [5, 5.41) is 5.28. The molecule has 1 N–H and O–H groups in total. The predicted octanol–water partition coefficient (Wildman–Crippen LogP) is 4.93. The smallest absolute Gasteiger partial charge is 0.256 e. The first-order valence-electron chi connectivity index (χ1n) is 10.8. The number of benzene rings is 2. The van der Waals surface area contributed by atoms with Gasteiger partial charge >= 0.3 is 0 Å². The first-order chi connectivity index (χ1) is 14.8. The fourth-order valence-electron chi connectivity index (χ4n) is 4.40. The predicted molar refractivity (Wildman–Crippen MR) is 121 cm³/mol. The van der Waals surface area contributed by atoms with Gasteiger partial charge in [-0.3, -0.25) is 4.79 Å². The molecular weight excluding hydrogens is 370 g/mol. The summed E-state index contributed by atoms with van der Waals surface area (Å²) in [7, 11) is 0. The third-order valence-corrected chi connectivity index (χ3v) is 6.24. The minimum atomic E-state index is -0.0381. The molecule has 1 aliphatic heterocycles. The Morgan fingerprint density at radius 2 is 1.80 bits per heavy atom. The zero-order chi connectivity index (χ0) is 20.3. The summed E-state index contributed by atoms with van der Waals surface area (Å²) >= 11 is 0. The van der Waals surface area contributed by atoms with Crippen molar-refractivity contribution in [2.24, 2.45) is 5.92 Å². The Kier molecular flexibility index (Phi) is 5.14. The monoisotopic (exact) mass is 397 g/mol. The first kappa shape index (κ1) is 18.7. The van der Waals surface area contributed by atoms with E-state index in [2.05, 4.69) is 45.5 Å². The van der Waals surface area contributed by atoms with E-state index >= 15 is 0 Å². The SMILES string of the molecule is O=C(NC1=CC=CN(CC2CCC2)C1)c1ccc(Cn2cccc2)c2ccccc12. The van der Waals surface area contributed by atoms with Crippen LogP contribution in [0.3, 0.4) is 0 Å². The summed E-state index contributed by atoms with van der Waals surface area (Å²) in [6, 6.07) is 16.3. The fourth-order valence-corrected chi connectivity index (χ4v) is 4.40. The molecule has 1 amide bonds. The lowest BCUT2D eigenvalue weighted by Gasteiger charge is -2.33. The van der Waals surface area contributed by atoms with Gasteiger partial charge in [-0.15, -0.1) is 0 Å². The van der Waals surface area contributed by atoms with Gasteiger partial charge in [-0.2, -0.15) is 0 Å². The van der Waals surface area contributed by atoms with Gasteiger partial charge in [-0.05, 0) is 71.6 Å².